The van der Waals surface area contributed by atoms with Crippen LogP contribution in [-0.4, -0.2) is 35.7 Å². The van der Waals surface area contributed by atoms with Crippen molar-refractivity contribution in [1.29, 1.82) is 0 Å². The highest BCUT2D eigenvalue weighted by molar-refractivity contribution is 7.99. The van der Waals surface area contributed by atoms with Crippen LogP contribution in [0.15, 0.2) is 64.4 Å². The van der Waals surface area contributed by atoms with E-state index >= 15 is 0 Å². The van der Waals surface area contributed by atoms with Gasteiger partial charge in [0.15, 0.2) is 0 Å². The van der Waals surface area contributed by atoms with E-state index in [2.05, 4.69) is 23.5 Å². The standard InChI is InChI=1S/C18H22N2O2S/c1-14(21)13-20(2)18(22)19-12-15-8-6-7-11-17(15)23-16-9-4-3-5-10-16/h3-11,14,21H,12-13H2,1-2H3,(H,19,22). The summed E-state index contributed by atoms with van der Waals surface area (Å²) in [4.78, 5) is 15.8. The second-order valence-electron chi connectivity index (χ2n) is 5.41. The van der Waals surface area contributed by atoms with Gasteiger partial charge in [-0.15, -0.1) is 0 Å². The van der Waals surface area contributed by atoms with Crippen molar-refractivity contribution in [3.63, 3.8) is 0 Å². The summed E-state index contributed by atoms with van der Waals surface area (Å²) in [6.45, 7) is 2.43. The summed E-state index contributed by atoms with van der Waals surface area (Å²) >= 11 is 1.68. The van der Waals surface area contributed by atoms with Crippen molar-refractivity contribution in [3.05, 3.63) is 60.2 Å². The summed E-state index contributed by atoms with van der Waals surface area (Å²) in [6.07, 6.45) is -0.535. The lowest BCUT2D eigenvalue weighted by Gasteiger charge is -2.20. The summed E-state index contributed by atoms with van der Waals surface area (Å²) in [5.41, 5.74) is 1.07. The fourth-order valence-corrected chi connectivity index (χ4v) is 3.12. The number of aliphatic hydroxyl groups is 1. The van der Waals surface area contributed by atoms with Crippen molar-refractivity contribution in [1.82, 2.24) is 10.2 Å². The number of carbonyl (C=O) groups is 1. The summed E-state index contributed by atoms with van der Waals surface area (Å²) in [7, 11) is 1.67. The van der Waals surface area contributed by atoms with Crippen LogP contribution in [0.3, 0.4) is 0 Å². The molecule has 2 N–H and O–H groups in total. The van der Waals surface area contributed by atoms with Gasteiger partial charge >= 0.3 is 6.03 Å². The van der Waals surface area contributed by atoms with Crippen LogP contribution in [0.2, 0.25) is 0 Å². The third-order valence-corrected chi connectivity index (χ3v) is 4.38. The maximum Gasteiger partial charge on any atom is 0.317 e. The van der Waals surface area contributed by atoms with Gasteiger partial charge in [0.1, 0.15) is 0 Å². The van der Waals surface area contributed by atoms with Gasteiger partial charge in [0.05, 0.1) is 6.10 Å². The van der Waals surface area contributed by atoms with E-state index < -0.39 is 6.10 Å². The number of rotatable bonds is 6. The molecular formula is C18H22N2O2S. The Hall–Kier alpha value is -1.98. The van der Waals surface area contributed by atoms with Crippen LogP contribution in [0.25, 0.3) is 0 Å². The summed E-state index contributed by atoms with van der Waals surface area (Å²) in [5.74, 6) is 0. The van der Waals surface area contributed by atoms with E-state index in [0.717, 1.165) is 15.4 Å². The number of nitrogens with zero attached hydrogens (tertiary/aromatic N) is 1. The van der Waals surface area contributed by atoms with Gasteiger partial charge in [0.2, 0.25) is 0 Å². The smallest absolute Gasteiger partial charge is 0.317 e. The van der Waals surface area contributed by atoms with Gasteiger partial charge in [-0.25, -0.2) is 4.79 Å². The van der Waals surface area contributed by atoms with E-state index in [9.17, 15) is 9.90 Å². The quantitative estimate of drug-likeness (QED) is 0.854. The summed E-state index contributed by atoms with van der Waals surface area (Å²) in [5, 5.41) is 12.2. The van der Waals surface area contributed by atoms with Crippen molar-refractivity contribution < 1.29 is 9.90 Å². The minimum absolute atomic E-state index is 0.189. The number of benzene rings is 2. The molecule has 0 saturated heterocycles. The Bertz CT molecular complexity index is 632. The first-order valence-electron chi connectivity index (χ1n) is 7.54. The van der Waals surface area contributed by atoms with Gasteiger partial charge in [-0.3, -0.25) is 0 Å². The zero-order valence-corrected chi connectivity index (χ0v) is 14.2. The molecule has 0 bridgehead atoms. The second-order valence-corrected chi connectivity index (χ2v) is 6.53. The van der Waals surface area contributed by atoms with Gasteiger partial charge in [-0.1, -0.05) is 48.2 Å². The van der Waals surface area contributed by atoms with Crippen molar-refractivity contribution in [2.45, 2.75) is 29.4 Å². The molecule has 0 saturated carbocycles. The molecule has 1 atom stereocenters. The molecule has 23 heavy (non-hydrogen) atoms. The van der Waals surface area contributed by atoms with Gasteiger partial charge in [-0.05, 0) is 30.7 Å². The average Bonchev–Trinajstić information content (AvgIpc) is 2.54. The minimum Gasteiger partial charge on any atom is -0.392 e. The average molecular weight is 330 g/mol. The number of urea groups is 1. The zero-order valence-electron chi connectivity index (χ0n) is 13.4. The number of amides is 2. The van der Waals surface area contributed by atoms with E-state index in [-0.39, 0.29) is 6.03 Å². The monoisotopic (exact) mass is 330 g/mol. The molecule has 2 aromatic rings. The Morgan fingerprint density at radius 1 is 1.17 bits per heavy atom. The Kier molecular flexibility index (Phi) is 6.50. The normalized spacial score (nSPS) is 11.8. The van der Waals surface area contributed by atoms with Crippen LogP contribution in [-0.2, 0) is 6.54 Å². The molecule has 4 nitrogen and oxygen atoms in total. The summed E-state index contributed by atoms with van der Waals surface area (Å²) in [6, 6.07) is 18.0. The third kappa shape index (κ3) is 5.62. The Morgan fingerprint density at radius 3 is 2.52 bits per heavy atom. The summed E-state index contributed by atoms with van der Waals surface area (Å²) < 4.78 is 0. The first kappa shape index (κ1) is 17.4. The molecule has 5 heteroatoms. The number of likely N-dealkylation sites (N-methyl/N-ethyl adjacent to an activating group) is 1. The minimum atomic E-state index is -0.535. The van der Waals surface area contributed by atoms with Gasteiger partial charge in [0, 0.05) is 29.9 Å². The predicted octanol–water partition coefficient (Wildman–Crippen LogP) is 3.36. The van der Waals surface area contributed by atoms with Crippen LogP contribution in [0, 0.1) is 0 Å². The van der Waals surface area contributed by atoms with Gasteiger partial charge in [0.25, 0.3) is 0 Å². The number of hydrogen-bond donors (Lipinski definition) is 2. The van der Waals surface area contributed by atoms with Crippen LogP contribution in [0.1, 0.15) is 12.5 Å². The Labute approximate surface area is 141 Å². The topological polar surface area (TPSA) is 52.6 Å². The number of aliphatic hydroxyl groups excluding tert-OH is 1. The first-order valence-corrected chi connectivity index (χ1v) is 8.35. The van der Waals surface area contributed by atoms with E-state index in [0.29, 0.717) is 13.1 Å². The second kappa shape index (κ2) is 8.60. The van der Waals surface area contributed by atoms with Crippen molar-refractivity contribution >= 4 is 17.8 Å². The lowest BCUT2D eigenvalue weighted by molar-refractivity contribution is 0.143. The first-order chi connectivity index (χ1) is 11.1. The Balaban J connectivity index is 1.99. The lowest BCUT2D eigenvalue weighted by atomic mass is 10.2. The van der Waals surface area contributed by atoms with Crippen LogP contribution in [0.5, 0.6) is 0 Å². The molecule has 2 aromatic carbocycles. The van der Waals surface area contributed by atoms with Crippen molar-refractivity contribution in [2.75, 3.05) is 13.6 Å². The van der Waals surface area contributed by atoms with E-state index in [1.54, 1.807) is 25.7 Å². The van der Waals surface area contributed by atoms with Crippen molar-refractivity contribution in [2.24, 2.45) is 0 Å². The van der Waals surface area contributed by atoms with E-state index in [1.807, 2.05) is 36.4 Å². The lowest BCUT2D eigenvalue weighted by Crippen LogP contribution is -2.40. The molecule has 0 aliphatic rings. The molecule has 122 valence electrons. The molecule has 0 aliphatic carbocycles. The van der Waals surface area contributed by atoms with Gasteiger partial charge in [-0.2, -0.15) is 0 Å². The van der Waals surface area contributed by atoms with Crippen molar-refractivity contribution in [3.8, 4) is 0 Å². The molecule has 2 rings (SSSR count). The molecule has 0 spiro atoms. The molecule has 0 aromatic heterocycles. The predicted molar refractivity (Wildman–Crippen MR) is 93.6 cm³/mol. The van der Waals surface area contributed by atoms with Crippen LogP contribution < -0.4 is 5.32 Å². The number of nitrogens with one attached hydrogen (secondary N) is 1. The fourth-order valence-electron chi connectivity index (χ4n) is 2.15. The fraction of sp³-hybridized carbons (Fsp3) is 0.278. The highest BCUT2D eigenvalue weighted by atomic mass is 32.2. The molecule has 0 fully saturated rings. The van der Waals surface area contributed by atoms with Crippen LogP contribution >= 0.6 is 11.8 Å². The maximum atomic E-state index is 12.0. The molecule has 0 heterocycles. The zero-order chi connectivity index (χ0) is 16.7. The highest BCUT2D eigenvalue weighted by Crippen LogP contribution is 2.30. The number of carbonyl (C=O) groups excluding carboxylic acids is 1. The highest BCUT2D eigenvalue weighted by Gasteiger charge is 2.11. The largest absolute Gasteiger partial charge is 0.392 e. The van der Waals surface area contributed by atoms with Gasteiger partial charge < -0.3 is 15.3 Å². The van der Waals surface area contributed by atoms with Crippen LogP contribution in [0.4, 0.5) is 4.79 Å². The van der Waals surface area contributed by atoms with E-state index in [1.165, 1.54) is 4.90 Å². The maximum absolute atomic E-state index is 12.0. The molecule has 0 radical (unpaired) electrons. The molecule has 2 amide bonds. The van der Waals surface area contributed by atoms with E-state index in [4.69, 9.17) is 0 Å². The molecule has 0 aliphatic heterocycles. The SMILES string of the molecule is CC(O)CN(C)C(=O)NCc1ccccc1Sc1ccccc1. The number of hydrogen-bond acceptors (Lipinski definition) is 3. The molecular weight excluding hydrogens is 308 g/mol. The third-order valence-electron chi connectivity index (χ3n) is 3.26. The molecule has 1 unspecified atom stereocenters. The Morgan fingerprint density at radius 2 is 1.83 bits per heavy atom.